The summed E-state index contributed by atoms with van der Waals surface area (Å²) >= 11 is 0. The highest BCUT2D eigenvalue weighted by atomic mass is 16.7. The minimum atomic E-state index is 0.266. The van der Waals surface area contributed by atoms with Crippen molar-refractivity contribution in [1.29, 1.82) is 0 Å². The molecule has 0 bridgehead atoms. The van der Waals surface area contributed by atoms with Gasteiger partial charge in [0.15, 0.2) is 28.8 Å². The van der Waals surface area contributed by atoms with E-state index in [1.165, 1.54) is 5.56 Å². The van der Waals surface area contributed by atoms with Gasteiger partial charge in [0.25, 0.3) is 0 Å². The number of aryl methyl sites for hydroxylation is 1. The maximum atomic E-state index is 5.45. The second-order valence-corrected chi connectivity index (χ2v) is 6.46. The molecule has 134 valence electrons. The Labute approximate surface area is 155 Å². The van der Waals surface area contributed by atoms with Crippen molar-refractivity contribution in [3.63, 3.8) is 0 Å². The van der Waals surface area contributed by atoms with Crippen LogP contribution in [0.2, 0.25) is 0 Å². The number of nitrogens with one attached hydrogen (secondary N) is 1. The molecule has 27 heavy (non-hydrogen) atoms. The lowest BCUT2D eigenvalue weighted by Gasteiger charge is -2.07. The fourth-order valence-electron chi connectivity index (χ4n) is 3.11. The number of anilines is 2. The number of rotatable bonds is 4. The monoisotopic (exact) mass is 359 g/mol. The lowest BCUT2D eigenvalue weighted by Crippen LogP contribution is -2.03. The van der Waals surface area contributed by atoms with Crippen LogP contribution in [0.15, 0.2) is 54.6 Å². The number of benzene rings is 2. The second kappa shape index (κ2) is 6.28. The van der Waals surface area contributed by atoms with Crippen molar-refractivity contribution in [2.24, 2.45) is 0 Å². The molecule has 5 rings (SSSR count). The molecule has 0 saturated carbocycles. The van der Waals surface area contributed by atoms with E-state index in [1.54, 1.807) is 4.52 Å². The van der Waals surface area contributed by atoms with Crippen LogP contribution in [0.3, 0.4) is 0 Å². The third-order valence-corrected chi connectivity index (χ3v) is 4.42. The highest BCUT2D eigenvalue weighted by Crippen LogP contribution is 2.33. The third-order valence-electron chi connectivity index (χ3n) is 4.42. The maximum absolute atomic E-state index is 5.45. The largest absolute Gasteiger partial charge is 0.454 e. The first kappa shape index (κ1) is 15.6. The Balaban J connectivity index is 1.44. The molecule has 2 aromatic carbocycles. The Hall–Kier alpha value is -3.61. The van der Waals surface area contributed by atoms with Crippen molar-refractivity contribution in [1.82, 2.24) is 19.8 Å². The van der Waals surface area contributed by atoms with E-state index in [-0.39, 0.29) is 6.79 Å². The highest BCUT2D eigenvalue weighted by molar-refractivity contribution is 5.58. The van der Waals surface area contributed by atoms with Gasteiger partial charge >= 0.3 is 0 Å². The fraction of sp³-hybridized carbons (Fsp3) is 0.150. The summed E-state index contributed by atoms with van der Waals surface area (Å²) in [4.78, 5) is 0. The van der Waals surface area contributed by atoms with E-state index in [0.717, 1.165) is 34.4 Å². The molecule has 0 atom stereocenters. The normalized spacial score (nSPS) is 12.5. The van der Waals surface area contributed by atoms with Gasteiger partial charge in [-0.25, -0.2) is 0 Å². The summed E-state index contributed by atoms with van der Waals surface area (Å²) in [6, 6.07) is 17.9. The predicted octanol–water partition coefficient (Wildman–Crippen LogP) is 3.50. The molecule has 0 saturated heterocycles. The summed E-state index contributed by atoms with van der Waals surface area (Å²) < 4.78 is 12.6. The summed E-state index contributed by atoms with van der Waals surface area (Å²) in [5.74, 6) is 3.03. The summed E-state index contributed by atoms with van der Waals surface area (Å²) in [5, 5.41) is 16.5. The first-order valence-electron chi connectivity index (χ1n) is 8.68. The molecule has 4 aromatic rings. The standard InChI is InChI=1S/C20H17N5O2/c1-13-3-2-4-15(9-13)21-18-7-8-19-22-23-20(25(19)24-18)11-14-5-6-16-17(10-14)27-12-26-16/h2-10H,11-12H2,1H3,(H,21,24). The Morgan fingerprint density at radius 2 is 1.93 bits per heavy atom. The maximum Gasteiger partial charge on any atom is 0.231 e. The molecule has 0 amide bonds. The van der Waals surface area contributed by atoms with Crippen molar-refractivity contribution < 1.29 is 9.47 Å². The van der Waals surface area contributed by atoms with E-state index in [0.29, 0.717) is 12.1 Å². The summed E-state index contributed by atoms with van der Waals surface area (Å²) in [7, 11) is 0. The van der Waals surface area contributed by atoms with Gasteiger partial charge in [-0.15, -0.1) is 15.3 Å². The molecule has 0 aliphatic carbocycles. The van der Waals surface area contributed by atoms with Crippen LogP contribution < -0.4 is 14.8 Å². The SMILES string of the molecule is Cc1cccc(Nc2ccc3nnc(Cc4ccc5c(c4)OCO5)n3n2)c1. The molecule has 2 aromatic heterocycles. The van der Waals surface area contributed by atoms with Gasteiger partial charge in [-0.3, -0.25) is 0 Å². The summed E-state index contributed by atoms with van der Waals surface area (Å²) in [6.45, 7) is 2.33. The number of ether oxygens (including phenoxy) is 2. The van der Waals surface area contributed by atoms with Gasteiger partial charge in [0.05, 0.1) is 0 Å². The van der Waals surface area contributed by atoms with Gasteiger partial charge in [-0.05, 0) is 54.4 Å². The molecule has 7 nitrogen and oxygen atoms in total. The van der Waals surface area contributed by atoms with Crippen LogP contribution >= 0.6 is 0 Å². The summed E-state index contributed by atoms with van der Waals surface area (Å²) in [6.07, 6.45) is 0.596. The third kappa shape index (κ3) is 3.03. The van der Waals surface area contributed by atoms with Crippen molar-refractivity contribution in [3.8, 4) is 11.5 Å². The van der Waals surface area contributed by atoms with Gasteiger partial charge in [0, 0.05) is 12.1 Å². The zero-order chi connectivity index (χ0) is 18.2. The van der Waals surface area contributed by atoms with E-state index in [1.807, 2.05) is 42.5 Å². The Kier molecular flexibility index (Phi) is 3.64. The van der Waals surface area contributed by atoms with Crippen molar-refractivity contribution >= 4 is 17.2 Å². The van der Waals surface area contributed by atoms with Crippen LogP contribution in [0.5, 0.6) is 11.5 Å². The van der Waals surface area contributed by atoms with E-state index in [9.17, 15) is 0 Å². The first-order valence-corrected chi connectivity index (χ1v) is 8.68. The minimum Gasteiger partial charge on any atom is -0.454 e. The van der Waals surface area contributed by atoms with E-state index in [4.69, 9.17) is 9.47 Å². The van der Waals surface area contributed by atoms with Gasteiger partial charge in [-0.1, -0.05) is 18.2 Å². The van der Waals surface area contributed by atoms with Crippen LogP contribution in [0.25, 0.3) is 5.65 Å². The zero-order valence-electron chi connectivity index (χ0n) is 14.7. The predicted molar refractivity (Wildman–Crippen MR) is 101 cm³/mol. The van der Waals surface area contributed by atoms with Crippen LogP contribution in [0.4, 0.5) is 11.5 Å². The second-order valence-electron chi connectivity index (χ2n) is 6.46. The molecule has 0 spiro atoms. The molecule has 0 fully saturated rings. The van der Waals surface area contributed by atoms with Gasteiger partial charge in [0.1, 0.15) is 0 Å². The molecular weight excluding hydrogens is 342 g/mol. The average molecular weight is 359 g/mol. The summed E-state index contributed by atoms with van der Waals surface area (Å²) in [5.41, 5.74) is 3.95. The van der Waals surface area contributed by atoms with Gasteiger partial charge in [0.2, 0.25) is 6.79 Å². The van der Waals surface area contributed by atoms with E-state index >= 15 is 0 Å². The molecule has 0 radical (unpaired) electrons. The molecule has 1 N–H and O–H groups in total. The van der Waals surface area contributed by atoms with Crippen molar-refractivity contribution in [2.75, 3.05) is 12.1 Å². The topological polar surface area (TPSA) is 73.6 Å². The first-order chi connectivity index (χ1) is 13.2. The minimum absolute atomic E-state index is 0.266. The lowest BCUT2D eigenvalue weighted by molar-refractivity contribution is 0.174. The molecule has 1 aliphatic heterocycles. The number of aromatic nitrogens is 4. The molecule has 3 heterocycles. The van der Waals surface area contributed by atoms with Crippen molar-refractivity contribution in [2.45, 2.75) is 13.3 Å². The smallest absolute Gasteiger partial charge is 0.231 e. The number of fused-ring (bicyclic) bond motifs is 2. The zero-order valence-corrected chi connectivity index (χ0v) is 14.7. The quantitative estimate of drug-likeness (QED) is 0.601. The van der Waals surface area contributed by atoms with Crippen LogP contribution in [-0.4, -0.2) is 26.6 Å². The molecule has 7 heteroatoms. The van der Waals surface area contributed by atoms with Gasteiger partial charge in [-0.2, -0.15) is 4.52 Å². The number of nitrogens with zero attached hydrogens (tertiary/aromatic N) is 4. The van der Waals surface area contributed by atoms with Crippen molar-refractivity contribution in [3.05, 3.63) is 71.5 Å². The number of hydrogen-bond donors (Lipinski definition) is 1. The Morgan fingerprint density at radius 3 is 2.85 bits per heavy atom. The molecule has 1 aliphatic rings. The van der Waals surface area contributed by atoms with E-state index in [2.05, 4.69) is 39.7 Å². The molecule has 0 unspecified atom stereocenters. The highest BCUT2D eigenvalue weighted by Gasteiger charge is 2.15. The molecular formula is C20H17N5O2. The average Bonchev–Trinajstić information content (AvgIpc) is 3.28. The number of hydrogen-bond acceptors (Lipinski definition) is 6. The Bertz CT molecular complexity index is 1140. The van der Waals surface area contributed by atoms with Gasteiger partial charge < -0.3 is 14.8 Å². The van der Waals surface area contributed by atoms with Crippen LogP contribution in [-0.2, 0) is 6.42 Å². The van der Waals surface area contributed by atoms with Crippen LogP contribution in [0.1, 0.15) is 17.0 Å². The van der Waals surface area contributed by atoms with E-state index < -0.39 is 0 Å². The lowest BCUT2D eigenvalue weighted by atomic mass is 10.1. The van der Waals surface area contributed by atoms with Crippen LogP contribution in [0, 0.1) is 6.92 Å². The fourth-order valence-corrected chi connectivity index (χ4v) is 3.11. The Morgan fingerprint density at radius 1 is 1.00 bits per heavy atom.